The Kier molecular flexibility index (Phi) is 5.98. The van der Waals surface area contributed by atoms with Crippen LogP contribution in [0.1, 0.15) is 49.0 Å². The number of ether oxygens (including phenoxy) is 1. The first-order valence-corrected chi connectivity index (χ1v) is 8.12. The summed E-state index contributed by atoms with van der Waals surface area (Å²) in [5.41, 5.74) is 3.81. The van der Waals surface area contributed by atoms with Crippen molar-refractivity contribution in [1.29, 1.82) is 0 Å². The summed E-state index contributed by atoms with van der Waals surface area (Å²) in [6.07, 6.45) is 2.05. The first-order chi connectivity index (χ1) is 10.5. The molecule has 2 rings (SSSR count). The highest BCUT2D eigenvalue weighted by atomic mass is 16.5. The number of carboxylic acids is 1. The van der Waals surface area contributed by atoms with E-state index in [0.29, 0.717) is 6.04 Å². The van der Waals surface area contributed by atoms with Crippen LogP contribution in [0.15, 0.2) is 18.2 Å². The summed E-state index contributed by atoms with van der Waals surface area (Å²) in [7, 11) is 0. The van der Waals surface area contributed by atoms with E-state index in [-0.39, 0.29) is 12.5 Å². The normalized spacial score (nSPS) is 22.7. The second-order valence-electron chi connectivity index (χ2n) is 6.38. The third-order valence-electron chi connectivity index (χ3n) is 4.43. The van der Waals surface area contributed by atoms with Crippen LogP contribution in [-0.2, 0) is 9.53 Å². The lowest BCUT2D eigenvalue weighted by atomic mass is 9.98. The van der Waals surface area contributed by atoms with Gasteiger partial charge in [0.05, 0.1) is 12.7 Å². The van der Waals surface area contributed by atoms with E-state index in [0.717, 1.165) is 32.5 Å². The Morgan fingerprint density at radius 2 is 2.14 bits per heavy atom. The first-order valence-electron chi connectivity index (χ1n) is 8.12. The van der Waals surface area contributed by atoms with Gasteiger partial charge >= 0.3 is 5.97 Å². The van der Waals surface area contributed by atoms with Crippen molar-refractivity contribution in [2.45, 2.75) is 52.2 Å². The molecule has 1 aromatic carbocycles. The Morgan fingerprint density at radius 3 is 2.86 bits per heavy atom. The van der Waals surface area contributed by atoms with Gasteiger partial charge in [-0.1, -0.05) is 23.8 Å². The maximum atomic E-state index is 10.6. The zero-order valence-corrected chi connectivity index (χ0v) is 13.8. The van der Waals surface area contributed by atoms with Crippen molar-refractivity contribution in [3.8, 4) is 0 Å². The van der Waals surface area contributed by atoms with Gasteiger partial charge in [0.1, 0.15) is 0 Å². The molecular formula is C18H27NO3. The highest BCUT2D eigenvalue weighted by Crippen LogP contribution is 2.28. The van der Waals surface area contributed by atoms with Crippen LogP contribution in [0.4, 0.5) is 0 Å². The number of carbonyl (C=O) groups is 1. The molecule has 22 heavy (non-hydrogen) atoms. The van der Waals surface area contributed by atoms with Crippen molar-refractivity contribution in [3.05, 3.63) is 34.9 Å². The van der Waals surface area contributed by atoms with E-state index in [2.05, 4.69) is 43.9 Å². The van der Waals surface area contributed by atoms with Gasteiger partial charge in [0.15, 0.2) is 0 Å². The van der Waals surface area contributed by atoms with Crippen molar-refractivity contribution >= 4 is 5.97 Å². The summed E-state index contributed by atoms with van der Waals surface area (Å²) in [6.45, 7) is 8.98. The fraction of sp³-hybridized carbons (Fsp3) is 0.611. The van der Waals surface area contributed by atoms with Crippen LogP contribution in [0.25, 0.3) is 0 Å². The average Bonchev–Trinajstić information content (AvgIpc) is 2.47. The Hall–Kier alpha value is -1.39. The van der Waals surface area contributed by atoms with Crippen molar-refractivity contribution < 1.29 is 14.6 Å². The molecular weight excluding hydrogens is 278 g/mol. The minimum Gasteiger partial charge on any atom is -0.481 e. The van der Waals surface area contributed by atoms with Crippen molar-refractivity contribution in [2.75, 3.05) is 19.7 Å². The lowest BCUT2D eigenvalue weighted by Gasteiger charge is -2.38. The summed E-state index contributed by atoms with van der Waals surface area (Å²) in [5, 5.41) is 8.72. The number of rotatable bonds is 6. The molecule has 1 heterocycles. The van der Waals surface area contributed by atoms with Crippen LogP contribution in [0.2, 0.25) is 0 Å². The van der Waals surface area contributed by atoms with Gasteiger partial charge in [0.25, 0.3) is 0 Å². The van der Waals surface area contributed by atoms with E-state index >= 15 is 0 Å². The number of hydrogen-bond acceptors (Lipinski definition) is 3. The maximum Gasteiger partial charge on any atom is 0.303 e. The van der Waals surface area contributed by atoms with E-state index in [1.54, 1.807) is 0 Å². The maximum absolute atomic E-state index is 10.6. The van der Waals surface area contributed by atoms with E-state index in [1.807, 2.05) is 0 Å². The van der Waals surface area contributed by atoms with E-state index in [4.69, 9.17) is 9.84 Å². The van der Waals surface area contributed by atoms with Gasteiger partial charge in [0.2, 0.25) is 0 Å². The molecule has 0 saturated carbocycles. The van der Waals surface area contributed by atoms with Gasteiger partial charge < -0.3 is 9.84 Å². The summed E-state index contributed by atoms with van der Waals surface area (Å²) in [5.74, 6) is -0.705. The summed E-state index contributed by atoms with van der Waals surface area (Å²) < 4.78 is 6.05. The van der Waals surface area contributed by atoms with Crippen molar-refractivity contribution in [2.24, 2.45) is 0 Å². The monoisotopic (exact) mass is 305 g/mol. The fourth-order valence-electron chi connectivity index (χ4n) is 3.00. The molecule has 0 bridgehead atoms. The Morgan fingerprint density at radius 1 is 1.36 bits per heavy atom. The number of aliphatic carboxylic acids is 1. The zero-order chi connectivity index (χ0) is 16.1. The molecule has 0 aromatic heterocycles. The zero-order valence-electron chi connectivity index (χ0n) is 13.8. The van der Waals surface area contributed by atoms with Crippen LogP contribution in [0.3, 0.4) is 0 Å². The van der Waals surface area contributed by atoms with Crippen molar-refractivity contribution in [1.82, 2.24) is 4.90 Å². The number of carboxylic acid groups (broad SMARTS) is 1. The third-order valence-corrected chi connectivity index (χ3v) is 4.43. The largest absolute Gasteiger partial charge is 0.481 e. The predicted molar refractivity (Wildman–Crippen MR) is 87.1 cm³/mol. The number of hydrogen-bond donors (Lipinski definition) is 1. The Labute approximate surface area is 133 Å². The number of aryl methyl sites for hydroxylation is 2. The molecule has 0 radical (unpaired) electrons. The lowest BCUT2D eigenvalue weighted by Crippen LogP contribution is -2.45. The van der Waals surface area contributed by atoms with Crippen LogP contribution in [0.5, 0.6) is 0 Å². The summed E-state index contributed by atoms with van der Waals surface area (Å²) in [6, 6.07) is 6.90. The van der Waals surface area contributed by atoms with Gasteiger partial charge in [-0.25, -0.2) is 0 Å². The van der Waals surface area contributed by atoms with Crippen LogP contribution < -0.4 is 0 Å². The van der Waals surface area contributed by atoms with E-state index in [9.17, 15) is 4.79 Å². The molecule has 1 aliphatic heterocycles. The molecule has 122 valence electrons. The SMILES string of the molecule is Cc1ccc(C)c([C@H]2CN(CCCCC(=O)O)[C@@H](C)CO2)c1. The highest BCUT2D eigenvalue weighted by molar-refractivity contribution is 5.66. The van der Waals surface area contributed by atoms with Gasteiger partial charge in [-0.3, -0.25) is 9.69 Å². The minimum absolute atomic E-state index is 0.121. The smallest absolute Gasteiger partial charge is 0.303 e. The molecule has 2 atom stereocenters. The molecule has 1 fully saturated rings. The molecule has 1 saturated heterocycles. The first kappa shape index (κ1) is 17.0. The second-order valence-corrected chi connectivity index (χ2v) is 6.38. The van der Waals surface area contributed by atoms with Gasteiger partial charge in [0, 0.05) is 19.0 Å². The Balaban J connectivity index is 1.95. The molecule has 1 aliphatic rings. The van der Waals surface area contributed by atoms with E-state index < -0.39 is 5.97 Å². The van der Waals surface area contributed by atoms with E-state index in [1.165, 1.54) is 16.7 Å². The van der Waals surface area contributed by atoms with Crippen LogP contribution in [0, 0.1) is 13.8 Å². The van der Waals surface area contributed by atoms with Gasteiger partial charge in [-0.2, -0.15) is 0 Å². The third kappa shape index (κ3) is 4.55. The summed E-state index contributed by atoms with van der Waals surface area (Å²) >= 11 is 0. The standard InChI is InChI=1S/C18H27NO3/c1-13-7-8-14(2)16(10-13)17-11-19(15(3)12-22-17)9-5-4-6-18(20)21/h7-8,10,15,17H,4-6,9,11-12H2,1-3H3,(H,20,21)/t15-,17+/m0/s1. The number of benzene rings is 1. The van der Waals surface area contributed by atoms with Gasteiger partial charge in [-0.15, -0.1) is 0 Å². The van der Waals surface area contributed by atoms with Crippen molar-refractivity contribution in [3.63, 3.8) is 0 Å². The summed E-state index contributed by atoms with van der Waals surface area (Å²) in [4.78, 5) is 13.0. The van der Waals surface area contributed by atoms with Crippen LogP contribution in [-0.4, -0.2) is 41.7 Å². The predicted octanol–water partition coefficient (Wildman–Crippen LogP) is 3.32. The topological polar surface area (TPSA) is 49.8 Å². The molecule has 4 heteroatoms. The molecule has 1 aromatic rings. The molecule has 0 amide bonds. The minimum atomic E-state index is -0.705. The highest BCUT2D eigenvalue weighted by Gasteiger charge is 2.27. The van der Waals surface area contributed by atoms with Gasteiger partial charge in [-0.05, 0) is 51.3 Å². The molecule has 1 N–H and O–H groups in total. The van der Waals surface area contributed by atoms with Crippen LogP contribution >= 0.6 is 0 Å². The Bertz CT molecular complexity index is 515. The number of unbranched alkanes of at least 4 members (excludes halogenated alkanes) is 1. The second kappa shape index (κ2) is 7.75. The lowest BCUT2D eigenvalue weighted by molar-refractivity contribution is -0.137. The molecule has 0 unspecified atom stereocenters. The number of nitrogens with zero attached hydrogens (tertiary/aromatic N) is 1. The number of morpholine rings is 1. The molecule has 0 aliphatic carbocycles. The molecule has 4 nitrogen and oxygen atoms in total. The quantitative estimate of drug-likeness (QED) is 0.819. The molecule has 0 spiro atoms. The average molecular weight is 305 g/mol. The fourth-order valence-corrected chi connectivity index (χ4v) is 3.00.